The topological polar surface area (TPSA) is 204 Å². The maximum atomic E-state index is 10.6. The molecule has 0 saturated heterocycles. The van der Waals surface area contributed by atoms with Crippen molar-refractivity contribution in [3.63, 3.8) is 0 Å². The van der Waals surface area contributed by atoms with E-state index in [-0.39, 0.29) is 32.2 Å². The SMILES string of the molecule is CCN(O)[C@@H](CCC(N)=O)C(=O)O.NC(CCC(=O)O)C(=O)O. The van der Waals surface area contributed by atoms with Crippen LogP contribution in [0.25, 0.3) is 0 Å². The van der Waals surface area contributed by atoms with Gasteiger partial charge in [-0.3, -0.25) is 19.2 Å². The van der Waals surface area contributed by atoms with Gasteiger partial charge in [0, 0.05) is 19.4 Å². The Hall–Kier alpha value is -2.24. The van der Waals surface area contributed by atoms with Crippen LogP contribution in [0, 0.1) is 0 Å². The highest BCUT2D eigenvalue weighted by Crippen LogP contribution is 2.04. The van der Waals surface area contributed by atoms with Crippen LogP contribution in [0.1, 0.15) is 32.6 Å². The summed E-state index contributed by atoms with van der Waals surface area (Å²) in [7, 11) is 0. The largest absolute Gasteiger partial charge is 0.481 e. The number of hydroxylamine groups is 2. The summed E-state index contributed by atoms with van der Waals surface area (Å²) < 4.78 is 0. The Morgan fingerprint density at radius 1 is 1.00 bits per heavy atom. The summed E-state index contributed by atoms with van der Waals surface area (Å²) in [6.07, 6.45) is -0.249. The molecule has 0 aliphatic carbocycles. The number of aliphatic carboxylic acids is 3. The molecule has 0 radical (unpaired) electrons. The van der Waals surface area contributed by atoms with Gasteiger partial charge in [-0.15, -0.1) is 0 Å². The molecule has 0 aliphatic heterocycles. The van der Waals surface area contributed by atoms with Crippen molar-refractivity contribution < 1.29 is 39.7 Å². The smallest absolute Gasteiger partial charge is 0.323 e. The standard InChI is InChI=1S/C7H14N2O4.C5H9NO4/c1-2-9(13)5(7(11)12)3-4-6(8)10;6-3(5(9)10)1-2-4(7)8/h5,13H,2-4H2,1H3,(H2,8,10)(H,11,12);3H,1-2,6H2,(H,7,8)(H,9,10)/t5-;/m0./s1. The van der Waals surface area contributed by atoms with Crippen LogP contribution in [0.4, 0.5) is 0 Å². The number of nitrogens with zero attached hydrogens (tertiary/aromatic N) is 1. The minimum absolute atomic E-state index is 0.0228. The van der Waals surface area contributed by atoms with Gasteiger partial charge in [0.25, 0.3) is 0 Å². The monoisotopic (exact) mass is 337 g/mol. The molecule has 0 rings (SSSR count). The van der Waals surface area contributed by atoms with Gasteiger partial charge < -0.3 is 32.0 Å². The summed E-state index contributed by atoms with van der Waals surface area (Å²) in [6, 6.07) is -2.12. The molecule has 11 heteroatoms. The van der Waals surface area contributed by atoms with Crippen molar-refractivity contribution in [2.24, 2.45) is 11.5 Å². The van der Waals surface area contributed by atoms with E-state index in [1.54, 1.807) is 6.92 Å². The van der Waals surface area contributed by atoms with Crippen molar-refractivity contribution in [3.05, 3.63) is 0 Å². The molecule has 2 atom stereocenters. The fraction of sp³-hybridized carbons (Fsp3) is 0.667. The van der Waals surface area contributed by atoms with Gasteiger partial charge in [-0.05, 0) is 12.8 Å². The molecule has 0 aromatic carbocycles. The number of amides is 1. The molecule has 0 aromatic rings. The van der Waals surface area contributed by atoms with Crippen LogP contribution in [0.3, 0.4) is 0 Å². The number of primary amides is 1. The van der Waals surface area contributed by atoms with Crippen LogP contribution >= 0.6 is 0 Å². The number of likely N-dealkylation sites (N-methyl/N-ethyl adjacent to an activating group) is 1. The van der Waals surface area contributed by atoms with Crippen molar-refractivity contribution in [1.82, 2.24) is 5.06 Å². The van der Waals surface area contributed by atoms with E-state index in [0.717, 1.165) is 0 Å². The summed E-state index contributed by atoms with van der Waals surface area (Å²) in [5.41, 5.74) is 9.85. The zero-order valence-electron chi connectivity index (χ0n) is 12.7. The molecule has 134 valence electrons. The summed E-state index contributed by atoms with van der Waals surface area (Å²) in [6.45, 7) is 1.80. The number of rotatable bonds is 10. The Balaban J connectivity index is 0. The van der Waals surface area contributed by atoms with Crippen LogP contribution in [-0.2, 0) is 19.2 Å². The van der Waals surface area contributed by atoms with Crippen molar-refractivity contribution in [2.75, 3.05) is 6.54 Å². The zero-order chi connectivity index (χ0) is 18.6. The number of carbonyl (C=O) groups is 4. The second kappa shape index (κ2) is 12.3. The molecule has 0 spiro atoms. The number of hydrogen-bond donors (Lipinski definition) is 6. The Labute approximate surface area is 132 Å². The van der Waals surface area contributed by atoms with E-state index in [9.17, 15) is 19.2 Å². The first-order chi connectivity index (χ1) is 10.5. The Morgan fingerprint density at radius 3 is 1.83 bits per heavy atom. The first kappa shape index (κ1) is 23.0. The second-order valence-electron chi connectivity index (χ2n) is 4.49. The molecular formula is C12H23N3O8. The lowest BCUT2D eigenvalue weighted by Crippen LogP contribution is -2.39. The molecule has 0 fully saturated rings. The minimum atomic E-state index is -1.17. The molecule has 0 heterocycles. The van der Waals surface area contributed by atoms with Gasteiger partial charge in [0.15, 0.2) is 0 Å². The molecule has 0 saturated carbocycles. The predicted molar refractivity (Wildman–Crippen MR) is 76.5 cm³/mol. The number of hydrogen-bond acceptors (Lipinski definition) is 7. The molecule has 0 aromatic heterocycles. The number of nitrogens with two attached hydrogens (primary N) is 2. The third kappa shape index (κ3) is 13.2. The van der Waals surface area contributed by atoms with E-state index in [2.05, 4.69) is 0 Å². The van der Waals surface area contributed by atoms with Gasteiger partial charge in [0.2, 0.25) is 5.91 Å². The van der Waals surface area contributed by atoms with Gasteiger partial charge in [0.05, 0.1) is 0 Å². The van der Waals surface area contributed by atoms with Gasteiger partial charge in [-0.2, -0.15) is 5.06 Å². The van der Waals surface area contributed by atoms with Crippen LogP contribution in [0.5, 0.6) is 0 Å². The molecular weight excluding hydrogens is 314 g/mol. The highest BCUT2D eigenvalue weighted by atomic mass is 16.5. The highest BCUT2D eigenvalue weighted by Gasteiger charge is 2.23. The molecule has 23 heavy (non-hydrogen) atoms. The van der Waals surface area contributed by atoms with Gasteiger partial charge >= 0.3 is 17.9 Å². The minimum Gasteiger partial charge on any atom is -0.481 e. The van der Waals surface area contributed by atoms with E-state index in [4.69, 9.17) is 32.0 Å². The Morgan fingerprint density at radius 2 is 1.52 bits per heavy atom. The Bertz CT molecular complexity index is 415. The number of carboxylic acids is 3. The quantitative estimate of drug-likeness (QED) is 0.259. The summed E-state index contributed by atoms with van der Waals surface area (Å²) >= 11 is 0. The van der Waals surface area contributed by atoms with Crippen molar-refractivity contribution in [2.45, 2.75) is 44.7 Å². The first-order valence-corrected chi connectivity index (χ1v) is 6.69. The summed E-state index contributed by atoms with van der Waals surface area (Å²) in [4.78, 5) is 40.8. The maximum Gasteiger partial charge on any atom is 0.323 e. The summed E-state index contributed by atoms with van der Waals surface area (Å²) in [5.74, 6) is -3.93. The molecule has 0 aliphatic rings. The van der Waals surface area contributed by atoms with Gasteiger partial charge in [-0.25, -0.2) is 0 Å². The average molecular weight is 337 g/mol. The lowest BCUT2D eigenvalue weighted by atomic mass is 10.1. The maximum absolute atomic E-state index is 10.6. The lowest BCUT2D eigenvalue weighted by molar-refractivity contribution is -0.169. The third-order valence-corrected chi connectivity index (χ3v) is 2.62. The van der Waals surface area contributed by atoms with E-state index in [1.165, 1.54) is 0 Å². The fourth-order valence-corrected chi connectivity index (χ4v) is 1.30. The van der Waals surface area contributed by atoms with E-state index >= 15 is 0 Å². The highest BCUT2D eigenvalue weighted by molar-refractivity contribution is 5.77. The van der Waals surface area contributed by atoms with E-state index in [1.807, 2.05) is 0 Å². The average Bonchev–Trinajstić information content (AvgIpc) is 2.44. The van der Waals surface area contributed by atoms with Crippen molar-refractivity contribution >= 4 is 23.8 Å². The Kier molecular flexibility index (Phi) is 12.3. The van der Waals surface area contributed by atoms with Gasteiger partial charge in [0.1, 0.15) is 12.1 Å². The molecule has 11 nitrogen and oxygen atoms in total. The summed E-state index contributed by atoms with van der Waals surface area (Å²) in [5, 5.41) is 34.7. The lowest BCUT2D eigenvalue weighted by Gasteiger charge is -2.20. The molecule has 1 unspecified atom stereocenters. The number of carbonyl (C=O) groups excluding carboxylic acids is 1. The van der Waals surface area contributed by atoms with E-state index < -0.39 is 35.9 Å². The predicted octanol–water partition coefficient (Wildman–Crippen LogP) is -1.32. The molecule has 8 N–H and O–H groups in total. The van der Waals surface area contributed by atoms with Crippen molar-refractivity contribution in [3.8, 4) is 0 Å². The van der Waals surface area contributed by atoms with Gasteiger partial charge in [-0.1, -0.05) is 6.92 Å². The van der Waals surface area contributed by atoms with E-state index in [0.29, 0.717) is 5.06 Å². The van der Waals surface area contributed by atoms with Crippen molar-refractivity contribution in [1.29, 1.82) is 0 Å². The molecule has 1 amide bonds. The first-order valence-electron chi connectivity index (χ1n) is 6.69. The fourth-order valence-electron chi connectivity index (χ4n) is 1.30. The second-order valence-corrected chi connectivity index (χ2v) is 4.49. The van der Waals surface area contributed by atoms with Crippen LogP contribution in [-0.4, -0.2) is 68.0 Å². The number of carboxylic acid groups (broad SMARTS) is 3. The van der Waals surface area contributed by atoms with Crippen LogP contribution in [0.15, 0.2) is 0 Å². The zero-order valence-corrected chi connectivity index (χ0v) is 12.7. The van der Waals surface area contributed by atoms with Crippen LogP contribution in [0.2, 0.25) is 0 Å². The normalized spacial score (nSPS) is 12.7. The third-order valence-electron chi connectivity index (χ3n) is 2.62. The van der Waals surface area contributed by atoms with Crippen LogP contribution < -0.4 is 11.5 Å². The molecule has 0 bridgehead atoms.